The molecule has 1 atom stereocenters. The molecule has 3 aromatic carbocycles. The minimum Gasteiger partial charge on any atom is -0.326 e. The van der Waals surface area contributed by atoms with Crippen LogP contribution in [0.1, 0.15) is 61.1 Å². The fourth-order valence-corrected chi connectivity index (χ4v) is 6.33. The third kappa shape index (κ3) is 5.32. The van der Waals surface area contributed by atoms with Crippen molar-refractivity contribution < 1.29 is 9.59 Å². The molecular formula is C32H36N4O2. The van der Waals surface area contributed by atoms with Crippen LogP contribution in [-0.2, 0) is 11.2 Å². The van der Waals surface area contributed by atoms with E-state index in [4.69, 9.17) is 0 Å². The lowest BCUT2D eigenvalue weighted by molar-refractivity contribution is -0.117. The summed E-state index contributed by atoms with van der Waals surface area (Å²) in [6, 6.07) is 22.6. The van der Waals surface area contributed by atoms with E-state index < -0.39 is 0 Å². The number of anilines is 2. The second-order valence-electron chi connectivity index (χ2n) is 10.9. The van der Waals surface area contributed by atoms with E-state index in [9.17, 15) is 9.59 Å². The van der Waals surface area contributed by atoms with Crippen LogP contribution in [0, 0.1) is 0 Å². The summed E-state index contributed by atoms with van der Waals surface area (Å²) in [6.07, 6.45) is 7.62. The SMILES string of the molecule is O=C(CC1CNCCN1C(=O)Nc1ccc2c(c1)Cc1ccccc1-2)Nc1ccc(C2CCCCC2)cc1. The summed E-state index contributed by atoms with van der Waals surface area (Å²) in [5.41, 5.74) is 8.05. The number of carbonyl (C=O) groups excluding carboxylic acids is 2. The van der Waals surface area contributed by atoms with E-state index in [0.717, 1.165) is 17.8 Å². The van der Waals surface area contributed by atoms with Crippen molar-refractivity contribution in [2.45, 2.75) is 56.9 Å². The Hall–Kier alpha value is -3.64. The molecule has 3 aromatic rings. The first-order valence-electron chi connectivity index (χ1n) is 14.0. The first kappa shape index (κ1) is 24.7. The Morgan fingerprint density at radius 1 is 0.842 bits per heavy atom. The average molecular weight is 509 g/mol. The van der Waals surface area contributed by atoms with Crippen LogP contribution in [0.3, 0.4) is 0 Å². The molecule has 6 rings (SSSR count). The van der Waals surface area contributed by atoms with Crippen molar-refractivity contribution in [3.8, 4) is 11.1 Å². The number of rotatable bonds is 5. The normalized spacial score (nSPS) is 18.9. The lowest BCUT2D eigenvalue weighted by Gasteiger charge is -2.36. The van der Waals surface area contributed by atoms with Crippen LogP contribution in [0.4, 0.5) is 16.2 Å². The Bertz CT molecular complexity index is 1310. The molecule has 0 spiro atoms. The molecule has 1 aliphatic heterocycles. The second-order valence-corrected chi connectivity index (χ2v) is 10.9. The van der Waals surface area contributed by atoms with Gasteiger partial charge in [-0.3, -0.25) is 4.79 Å². The second kappa shape index (κ2) is 11.0. The monoisotopic (exact) mass is 508 g/mol. The van der Waals surface area contributed by atoms with Gasteiger partial charge in [0.05, 0.1) is 6.04 Å². The van der Waals surface area contributed by atoms with Gasteiger partial charge in [0.2, 0.25) is 5.91 Å². The largest absolute Gasteiger partial charge is 0.326 e. The van der Waals surface area contributed by atoms with Gasteiger partial charge in [0.15, 0.2) is 0 Å². The van der Waals surface area contributed by atoms with Gasteiger partial charge in [-0.15, -0.1) is 0 Å². The predicted octanol–water partition coefficient (Wildman–Crippen LogP) is 6.14. The quantitative estimate of drug-likeness (QED) is 0.303. The summed E-state index contributed by atoms with van der Waals surface area (Å²) in [4.78, 5) is 28.0. The topological polar surface area (TPSA) is 73.5 Å². The molecule has 1 unspecified atom stereocenters. The molecule has 6 heteroatoms. The Morgan fingerprint density at radius 2 is 1.61 bits per heavy atom. The van der Waals surface area contributed by atoms with Crippen molar-refractivity contribution in [1.29, 1.82) is 0 Å². The maximum absolute atomic E-state index is 13.3. The van der Waals surface area contributed by atoms with Gasteiger partial charge in [-0.2, -0.15) is 0 Å². The summed E-state index contributed by atoms with van der Waals surface area (Å²) in [5, 5.41) is 9.47. The number of urea groups is 1. The molecule has 1 saturated carbocycles. The maximum atomic E-state index is 13.3. The molecule has 38 heavy (non-hydrogen) atoms. The lowest BCUT2D eigenvalue weighted by Crippen LogP contribution is -2.55. The van der Waals surface area contributed by atoms with Crippen molar-refractivity contribution in [1.82, 2.24) is 10.2 Å². The molecule has 2 aliphatic carbocycles. The van der Waals surface area contributed by atoms with Gasteiger partial charge in [-0.05, 0) is 77.3 Å². The molecule has 1 heterocycles. The first-order valence-corrected chi connectivity index (χ1v) is 14.0. The van der Waals surface area contributed by atoms with Gasteiger partial charge in [0.1, 0.15) is 0 Å². The molecule has 2 fully saturated rings. The highest BCUT2D eigenvalue weighted by molar-refractivity contribution is 5.93. The van der Waals surface area contributed by atoms with Gasteiger partial charge >= 0.3 is 6.03 Å². The van der Waals surface area contributed by atoms with Gasteiger partial charge in [0.25, 0.3) is 0 Å². The Kier molecular flexibility index (Phi) is 7.14. The highest BCUT2D eigenvalue weighted by atomic mass is 16.2. The third-order valence-corrected chi connectivity index (χ3v) is 8.35. The molecule has 3 N–H and O–H groups in total. The van der Waals surface area contributed by atoms with Gasteiger partial charge in [-0.25, -0.2) is 4.79 Å². The molecule has 0 radical (unpaired) electrons. The van der Waals surface area contributed by atoms with Crippen LogP contribution in [0.5, 0.6) is 0 Å². The van der Waals surface area contributed by atoms with Crippen molar-refractivity contribution in [3.63, 3.8) is 0 Å². The van der Waals surface area contributed by atoms with Crippen LogP contribution in [0.2, 0.25) is 0 Å². The van der Waals surface area contributed by atoms with Crippen LogP contribution in [0.15, 0.2) is 66.7 Å². The molecule has 3 amide bonds. The zero-order chi connectivity index (χ0) is 25.9. The third-order valence-electron chi connectivity index (χ3n) is 8.35. The van der Waals surface area contributed by atoms with Crippen molar-refractivity contribution in [2.24, 2.45) is 0 Å². The number of benzene rings is 3. The van der Waals surface area contributed by atoms with E-state index in [2.05, 4.69) is 64.5 Å². The summed E-state index contributed by atoms with van der Waals surface area (Å²) in [5.74, 6) is 0.576. The Balaban J connectivity index is 1.06. The molecule has 0 aromatic heterocycles. The van der Waals surface area contributed by atoms with Crippen LogP contribution in [0.25, 0.3) is 11.1 Å². The highest BCUT2D eigenvalue weighted by Gasteiger charge is 2.29. The predicted molar refractivity (Wildman–Crippen MR) is 153 cm³/mol. The number of nitrogens with zero attached hydrogens (tertiary/aromatic N) is 1. The molecule has 6 nitrogen and oxygen atoms in total. The van der Waals surface area contributed by atoms with E-state index in [1.54, 1.807) is 4.90 Å². The maximum Gasteiger partial charge on any atom is 0.322 e. The van der Waals surface area contributed by atoms with Gasteiger partial charge in [0, 0.05) is 37.4 Å². The van der Waals surface area contributed by atoms with Crippen LogP contribution in [-0.4, -0.2) is 42.5 Å². The smallest absolute Gasteiger partial charge is 0.322 e. The van der Waals surface area contributed by atoms with E-state index in [1.165, 1.54) is 59.9 Å². The van der Waals surface area contributed by atoms with E-state index in [-0.39, 0.29) is 24.4 Å². The number of hydrogen-bond acceptors (Lipinski definition) is 3. The minimum absolute atomic E-state index is 0.0720. The molecule has 0 bridgehead atoms. The zero-order valence-corrected chi connectivity index (χ0v) is 21.8. The van der Waals surface area contributed by atoms with E-state index in [0.29, 0.717) is 25.6 Å². The standard InChI is InChI=1S/C32H36N4O2/c37-31(34-26-12-10-23(11-13-26)22-6-2-1-3-7-22)20-28-21-33-16-17-36(28)32(38)35-27-14-15-30-25(19-27)18-24-8-4-5-9-29(24)30/h4-5,8-15,19,22,28,33H,1-3,6-7,16-18,20-21H2,(H,34,37)(H,35,38). The van der Waals surface area contributed by atoms with Crippen molar-refractivity contribution in [2.75, 3.05) is 30.3 Å². The summed E-state index contributed by atoms with van der Waals surface area (Å²) in [6.45, 7) is 1.88. The Morgan fingerprint density at radius 3 is 2.45 bits per heavy atom. The van der Waals surface area contributed by atoms with Gasteiger partial charge in [-0.1, -0.05) is 61.7 Å². The van der Waals surface area contributed by atoms with E-state index in [1.807, 2.05) is 18.2 Å². The number of amides is 3. The zero-order valence-electron chi connectivity index (χ0n) is 21.8. The number of piperazine rings is 1. The number of fused-ring (bicyclic) bond motifs is 3. The number of carbonyl (C=O) groups is 2. The molecule has 196 valence electrons. The first-order chi connectivity index (χ1) is 18.6. The van der Waals surface area contributed by atoms with Crippen LogP contribution < -0.4 is 16.0 Å². The van der Waals surface area contributed by atoms with Crippen LogP contribution >= 0.6 is 0 Å². The average Bonchev–Trinajstić information content (AvgIpc) is 3.32. The fourth-order valence-electron chi connectivity index (χ4n) is 6.33. The summed E-state index contributed by atoms with van der Waals surface area (Å²) < 4.78 is 0. The van der Waals surface area contributed by atoms with Gasteiger partial charge < -0.3 is 20.9 Å². The Labute approximate surface area is 224 Å². The molecule has 1 saturated heterocycles. The fraction of sp³-hybridized carbons (Fsp3) is 0.375. The number of nitrogens with one attached hydrogen (secondary N) is 3. The van der Waals surface area contributed by atoms with Crippen molar-refractivity contribution in [3.05, 3.63) is 83.4 Å². The van der Waals surface area contributed by atoms with Crippen molar-refractivity contribution >= 4 is 23.3 Å². The lowest BCUT2D eigenvalue weighted by atomic mass is 9.84. The minimum atomic E-state index is -0.205. The molecule has 3 aliphatic rings. The molecular weight excluding hydrogens is 472 g/mol. The summed E-state index contributed by atoms with van der Waals surface area (Å²) >= 11 is 0. The van der Waals surface area contributed by atoms with E-state index >= 15 is 0 Å². The number of hydrogen-bond donors (Lipinski definition) is 3. The summed E-state index contributed by atoms with van der Waals surface area (Å²) in [7, 11) is 0. The highest BCUT2D eigenvalue weighted by Crippen LogP contribution is 2.37.